The molecule has 29 heteroatoms. The number of rotatable bonds is 32. The van der Waals surface area contributed by atoms with Gasteiger partial charge in [0.15, 0.2) is 22.8 Å². The van der Waals surface area contributed by atoms with Crippen LogP contribution in [-0.4, -0.2) is 123 Å². The second-order valence-electron chi connectivity index (χ2n) is 17.6. The second kappa shape index (κ2) is 27.2. The largest absolute Gasteiger partial charge is 0.481 e. The summed E-state index contributed by atoms with van der Waals surface area (Å²) in [5.74, 6) is 1.18. The molecule has 1 fully saturated rings. The van der Waals surface area contributed by atoms with Crippen LogP contribution in [0.1, 0.15) is 120 Å². The van der Waals surface area contributed by atoms with Crippen LogP contribution >= 0.6 is 35.2 Å². The number of hydrogen-bond acceptors (Lipinski definition) is 19. The molecule has 396 valence electrons. The Morgan fingerprint density at radius 3 is 2.17 bits per heavy atom. The number of carbonyl (C=O) groups is 3. The number of nitrogens with one attached hydrogen (secondary N) is 2. The van der Waals surface area contributed by atoms with E-state index in [4.69, 9.17) is 23.9 Å². The number of aliphatic hydroxyl groups excluding tert-OH is 2. The molecule has 10 N–H and O–H groups in total. The lowest BCUT2D eigenvalue weighted by Crippen LogP contribution is -2.46. The SMILES string of the molecule is CCCCCc1oc(CCCCCCCCC(=O)SCCNC(=O)CCNC(=O)C(O)C(C)(C)COP(=O)(O)OP(=O)(O)OCC2OC(n3cnc4c(N)ncnc43)C(O)C2OP(=O)(O)O)c(C)c1C. The fraction of sp³-hybridized carbons (Fsp3) is 0.707. The van der Waals surface area contributed by atoms with E-state index in [1.807, 2.05) is 0 Å². The van der Waals surface area contributed by atoms with Gasteiger partial charge in [-0.2, -0.15) is 4.31 Å². The number of aromatic nitrogens is 4. The molecule has 1 saturated heterocycles. The minimum absolute atomic E-state index is 0.0313. The Kier molecular flexibility index (Phi) is 23.1. The van der Waals surface area contributed by atoms with Gasteiger partial charge in [0.1, 0.15) is 47.8 Å². The van der Waals surface area contributed by atoms with E-state index in [-0.39, 0.29) is 41.6 Å². The zero-order valence-corrected chi connectivity index (χ0v) is 43.5. The van der Waals surface area contributed by atoms with Crippen LogP contribution in [0.25, 0.3) is 11.2 Å². The molecule has 25 nitrogen and oxygen atoms in total. The van der Waals surface area contributed by atoms with E-state index in [0.717, 1.165) is 98.3 Å². The topological polar surface area (TPSA) is 377 Å². The highest BCUT2D eigenvalue weighted by molar-refractivity contribution is 8.13. The Morgan fingerprint density at radius 1 is 0.886 bits per heavy atom. The quantitative estimate of drug-likeness (QED) is 0.0305. The lowest BCUT2D eigenvalue weighted by atomic mass is 9.87. The molecule has 1 aliphatic heterocycles. The second-order valence-corrected chi connectivity index (χ2v) is 23.0. The van der Waals surface area contributed by atoms with E-state index in [1.54, 1.807) is 0 Å². The summed E-state index contributed by atoms with van der Waals surface area (Å²) in [6.07, 6.45) is 5.13. The molecule has 0 saturated carbocycles. The average molecular weight is 1070 g/mol. The maximum atomic E-state index is 12.8. The maximum absolute atomic E-state index is 12.8. The Balaban J connectivity index is 1.08. The normalized spacial score (nSPS) is 19.8. The molecule has 0 aliphatic carbocycles. The van der Waals surface area contributed by atoms with Crippen LogP contribution in [0.4, 0.5) is 5.82 Å². The van der Waals surface area contributed by atoms with Gasteiger partial charge < -0.3 is 55.3 Å². The molecular weight excluding hydrogens is 1000 g/mol. The molecule has 3 aromatic heterocycles. The number of furan rings is 1. The van der Waals surface area contributed by atoms with E-state index in [9.17, 15) is 57.9 Å². The van der Waals surface area contributed by atoms with Gasteiger partial charge in [-0.25, -0.2) is 28.6 Å². The summed E-state index contributed by atoms with van der Waals surface area (Å²) < 4.78 is 68.7. The van der Waals surface area contributed by atoms with Crippen LogP contribution < -0.4 is 16.4 Å². The molecule has 0 aromatic carbocycles. The zero-order valence-electron chi connectivity index (χ0n) is 40.0. The van der Waals surface area contributed by atoms with Crippen molar-refractivity contribution < 1.29 is 84.9 Å². The van der Waals surface area contributed by atoms with Crippen molar-refractivity contribution in [3.63, 3.8) is 0 Å². The number of phosphoric acid groups is 3. The number of aliphatic hydroxyl groups is 2. The smallest absolute Gasteiger partial charge is 0.466 e. The molecule has 2 amide bonds. The minimum Gasteiger partial charge on any atom is -0.466 e. The number of anilines is 1. The first-order chi connectivity index (χ1) is 32.8. The van der Waals surface area contributed by atoms with Gasteiger partial charge in [-0.05, 0) is 44.2 Å². The van der Waals surface area contributed by atoms with Gasteiger partial charge >= 0.3 is 23.5 Å². The average Bonchev–Trinajstić information content (AvgIpc) is 3.93. The number of nitrogens with zero attached hydrogens (tertiary/aromatic N) is 4. The number of unbranched alkanes of at least 4 members (excludes halogenated alkanes) is 7. The van der Waals surface area contributed by atoms with Crippen molar-refractivity contribution in [1.82, 2.24) is 30.2 Å². The first-order valence-electron chi connectivity index (χ1n) is 23.0. The van der Waals surface area contributed by atoms with E-state index in [1.165, 1.54) is 37.8 Å². The molecule has 4 heterocycles. The number of imidazole rings is 1. The van der Waals surface area contributed by atoms with Crippen LogP contribution in [0, 0.1) is 19.3 Å². The molecule has 7 atom stereocenters. The van der Waals surface area contributed by atoms with Gasteiger partial charge in [0.2, 0.25) is 11.8 Å². The van der Waals surface area contributed by atoms with Crippen molar-refractivity contribution in [1.29, 1.82) is 0 Å². The van der Waals surface area contributed by atoms with E-state index < -0.39 is 84.6 Å². The van der Waals surface area contributed by atoms with E-state index in [0.29, 0.717) is 12.2 Å². The Bertz CT molecular complexity index is 2350. The van der Waals surface area contributed by atoms with Gasteiger partial charge in [0.05, 0.1) is 19.5 Å². The highest BCUT2D eigenvalue weighted by Crippen LogP contribution is 2.61. The summed E-state index contributed by atoms with van der Waals surface area (Å²) in [5, 5.41) is 26.7. The van der Waals surface area contributed by atoms with Crippen LogP contribution in [0.2, 0.25) is 0 Å². The third kappa shape index (κ3) is 18.7. The van der Waals surface area contributed by atoms with Gasteiger partial charge in [0, 0.05) is 49.9 Å². The number of amides is 2. The van der Waals surface area contributed by atoms with Crippen LogP contribution in [0.5, 0.6) is 0 Å². The molecule has 3 aromatic rings. The Labute approximate surface area is 410 Å². The van der Waals surface area contributed by atoms with Gasteiger partial charge in [-0.1, -0.05) is 71.1 Å². The Hall–Kier alpha value is -3.16. The fourth-order valence-corrected chi connectivity index (χ4v) is 10.9. The van der Waals surface area contributed by atoms with Crippen LogP contribution in [-0.2, 0) is 63.5 Å². The summed E-state index contributed by atoms with van der Waals surface area (Å²) >= 11 is 1.14. The predicted molar refractivity (Wildman–Crippen MR) is 255 cm³/mol. The summed E-state index contributed by atoms with van der Waals surface area (Å²) in [6, 6.07) is 0. The van der Waals surface area contributed by atoms with Crippen molar-refractivity contribution >= 4 is 69.1 Å². The molecule has 4 rings (SSSR count). The summed E-state index contributed by atoms with van der Waals surface area (Å²) in [5.41, 5.74) is 6.84. The molecule has 0 spiro atoms. The summed E-state index contributed by atoms with van der Waals surface area (Å²) in [4.78, 5) is 88.6. The fourth-order valence-electron chi connectivity index (χ4n) is 7.36. The van der Waals surface area contributed by atoms with E-state index in [2.05, 4.69) is 55.2 Å². The highest BCUT2D eigenvalue weighted by atomic mass is 32.2. The number of hydrogen-bond donors (Lipinski definition) is 9. The lowest BCUT2D eigenvalue weighted by Gasteiger charge is -2.30. The predicted octanol–water partition coefficient (Wildman–Crippen LogP) is 4.58. The first-order valence-corrected chi connectivity index (χ1v) is 28.5. The number of thioether (sulfide) groups is 1. The Morgan fingerprint density at radius 2 is 1.51 bits per heavy atom. The zero-order chi connectivity index (χ0) is 51.9. The monoisotopic (exact) mass is 1070 g/mol. The number of carbonyl (C=O) groups excluding carboxylic acids is 3. The van der Waals surface area contributed by atoms with Gasteiger partial charge in [0.25, 0.3) is 0 Å². The number of phosphoric ester groups is 3. The molecule has 7 unspecified atom stereocenters. The molecule has 70 heavy (non-hydrogen) atoms. The third-order valence-corrected chi connectivity index (χ3v) is 15.5. The van der Waals surface area contributed by atoms with Crippen molar-refractivity contribution in [3.8, 4) is 0 Å². The van der Waals surface area contributed by atoms with Crippen molar-refractivity contribution in [2.75, 3.05) is 37.8 Å². The van der Waals surface area contributed by atoms with Crippen molar-refractivity contribution in [2.24, 2.45) is 5.41 Å². The van der Waals surface area contributed by atoms with Gasteiger partial charge in [-0.3, -0.25) is 32.5 Å². The number of nitrogens with two attached hydrogens (primary N) is 1. The third-order valence-electron chi connectivity index (χ3n) is 11.5. The minimum atomic E-state index is -5.58. The van der Waals surface area contributed by atoms with Crippen molar-refractivity contribution in [2.45, 2.75) is 149 Å². The number of aryl methyl sites for hydroxylation is 2. The standard InChI is InChI=1S/C41H68N7O18P3S/c1-6-7-12-15-28-26(2)27(3)29(63-28)16-13-10-8-9-11-14-17-32(50)70-21-20-43-31(49)18-19-44-39(53)36(52)41(4,5)23-62-69(59,60)66-68(57,58)61-22-30-35(65-67(54,55)56)34(51)40(64-30)48-25-47-33-37(42)45-24-46-38(33)48/h24-25,30,34-36,40,51-52H,6-23H2,1-5H3,(H,43,49)(H,44,53)(H,57,58)(H,59,60)(H2,42,45,46)(H2,54,55,56). The summed E-state index contributed by atoms with van der Waals surface area (Å²) in [6.45, 7) is 7.03. The van der Waals surface area contributed by atoms with Crippen LogP contribution in [0.3, 0.4) is 0 Å². The van der Waals surface area contributed by atoms with Crippen molar-refractivity contribution in [3.05, 3.63) is 35.3 Å². The number of fused-ring (bicyclic) bond motifs is 1. The van der Waals surface area contributed by atoms with Gasteiger partial charge in [-0.15, -0.1) is 0 Å². The lowest BCUT2D eigenvalue weighted by molar-refractivity contribution is -0.137. The van der Waals surface area contributed by atoms with Crippen LogP contribution in [0.15, 0.2) is 17.1 Å². The molecule has 1 aliphatic rings. The number of nitrogen functional groups attached to an aromatic ring is 1. The highest BCUT2D eigenvalue weighted by Gasteiger charge is 2.50. The molecule has 0 bridgehead atoms. The first kappa shape index (κ1) is 59.4. The summed E-state index contributed by atoms with van der Waals surface area (Å²) in [7, 11) is -16.4. The molecule has 0 radical (unpaired) electrons. The number of ether oxygens (including phenoxy) is 1. The maximum Gasteiger partial charge on any atom is 0.481 e. The van der Waals surface area contributed by atoms with E-state index >= 15 is 0 Å². The molecular formula is C41H68N7O18P3S.